The van der Waals surface area contributed by atoms with Crippen LogP contribution in [0, 0.1) is 0 Å². The molecule has 10 heteroatoms. The van der Waals surface area contributed by atoms with E-state index in [1.807, 2.05) is 159 Å². The van der Waals surface area contributed by atoms with E-state index in [1.165, 1.54) is 0 Å². The minimum Gasteiger partial charge on any atom is -0.329 e. The second-order valence-corrected chi connectivity index (χ2v) is 14.5. The number of hydrogen-bond donors (Lipinski definition) is 2. The smallest absolute Gasteiger partial charge is 0.247 e. The van der Waals surface area contributed by atoms with Gasteiger partial charge in [-0.1, -0.05) is 97.1 Å². The molecule has 4 aromatic rings. The molecular weight excluding hydrogens is 677 g/mol. The fourth-order valence-electron chi connectivity index (χ4n) is 7.51. The van der Waals surface area contributed by atoms with E-state index in [9.17, 15) is 19.2 Å². The van der Waals surface area contributed by atoms with Crippen LogP contribution in [0.2, 0.25) is 0 Å². The molecular formula is C44H50N6O4. The Morgan fingerprint density at radius 2 is 0.907 bits per heavy atom. The molecule has 2 aliphatic heterocycles. The first kappa shape index (κ1) is 38.2. The zero-order chi connectivity index (χ0) is 38.2. The Balaban J connectivity index is 1.02. The van der Waals surface area contributed by atoms with Crippen molar-refractivity contribution in [3.05, 3.63) is 131 Å². The molecule has 2 heterocycles. The van der Waals surface area contributed by atoms with Crippen molar-refractivity contribution in [3.8, 4) is 0 Å². The minimum atomic E-state index is -0.523. The zero-order valence-corrected chi connectivity index (χ0v) is 31.5. The number of benzene rings is 4. The molecule has 0 saturated carbocycles. The Labute approximate surface area is 318 Å². The standard InChI is InChI=1S/C44H50N6O4/c1-47(2)39(33-13-7-5-8-14-33)43(53)49-29-11-17-37(49)41(51)45-35-25-21-31(22-26-35)19-20-32-23-27-36(28-24-32)46-42(52)38-18-12-30-50(38)44(54)40(48(3)4)34-15-9-6-10-16-34/h5-10,13-16,19-28,37-40H,11-12,17-18,29-30H2,1-4H3,(H,45,51)(H,46,52)/t37-,38-,39+,40+/m0/s1. The molecule has 2 aliphatic rings. The Bertz CT molecular complexity index is 1790. The summed E-state index contributed by atoms with van der Waals surface area (Å²) < 4.78 is 0. The lowest BCUT2D eigenvalue weighted by Gasteiger charge is -2.31. The number of nitrogens with zero attached hydrogens (tertiary/aromatic N) is 4. The molecule has 0 unspecified atom stereocenters. The van der Waals surface area contributed by atoms with Gasteiger partial charge in [0.2, 0.25) is 23.6 Å². The molecule has 4 aromatic carbocycles. The first-order valence-corrected chi connectivity index (χ1v) is 18.6. The summed E-state index contributed by atoms with van der Waals surface area (Å²) in [5, 5.41) is 6.03. The summed E-state index contributed by atoms with van der Waals surface area (Å²) in [7, 11) is 7.54. The van der Waals surface area contributed by atoms with E-state index in [-0.39, 0.29) is 23.6 Å². The molecule has 54 heavy (non-hydrogen) atoms. The average molecular weight is 727 g/mol. The summed E-state index contributed by atoms with van der Waals surface area (Å²) in [4.78, 5) is 61.4. The van der Waals surface area contributed by atoms with Crippen LogP contribution in [0.25, 0.3) is 12.2 Å². The molecule has 10 nitrogen and oxygen atoms in total. The lowest BCUT2D eigenvalue weighted by atomic mass is 10.0. The summed E-state index contributed by atoms with van der Waals surface area (Å²) in [6, 6.07) is 32.6. The topological polar surface area (TPSA) is 105 Å². The van der Waals surface area contributed by atoms with Crippen molar-refractivity contribution >= 4 is 47.2 Å². The number of carbonyl (C=O) groups is 4. The highest BCUT2D eigenvalue weighted by molar-refractivity contribution is 5.99. The maximum atomic E-state index is 13.7. The van der Waals surface area contributed by atoms with Crippen molar-refractivity contribution < 1.29 is 19.2 Å². The van der Waals surface area contributed by atoms with Gasteiger partial charge >= 0.3 is 0 Å². The van der Waals surface area contributed by atoms with Crippen LogP contribution in [0.15, 0.2) is 109 Å². The third-order valence-electron chi connectivity index (χ3n) is 10.2. The van der Waals surface area contributed by atoms with Crippen LogP contribution in [0.4, 0.5) is 11.4 Å². The van der Waals surface area contributed by atoms with Crippen LogP contribution in [0.3, 0.4) is 0 Å². The maximum absolute atomic E-state index is 13.7. The first-order chi connectivity index (χ1) is 26.1. The second-order valence-electron chi connectivity index (χ2n) is 14.5. The quantitative estimate of drug-likeness (QED) is 0.166. The summed E-state index contributed by atoms with van der Waals surface area (Å²) in [5.74, 6) is -0.493. The number of anilines is 2. The first-order valence-electron chi connectivity index (χ1n) is 18.6. The number of nitrogens with one attached hydrogen (secondary N) is 2. The Hall–Kier alpha value is -5.58. The predicted molar refractivity (Wildman–Crippen MR) is 214 cm³/mol. The summed E-state index contributed by atoms with van der Waals surface area (Å²) in [6.45, 7) is 1.11. The molecule has 4 amide bonds. The number of hydrogen-bond acceptors (Lipinski definition) is 6. The number of likely N-dealkylation sites (tertiary alicyclic amines) is 2. The molecule has 4 atom stereocenters. The highest BCUT2D eigenvalue weighted by atomic mass is 16.2. The van der Waals surface area contributed by atoms with Crippen LogP contribution in [-0.4, -0.2) is 96.6 Å². The monoisotopic (exact) mass is 726 g/mol. The predicted octanol–water partition coefficient (Wildman–Crippen LogP) is 6.32. The lowest BCUT2D eigenvalue weighted by Crippen LogP contribution is -2.47. The number of rotatable bonds is 12. The van der Waals surface area contributed by atoms with Gasteiger partial charge in [0.05, 0.1) is 0 Å². The maximum Gasteiger partial charge on any atom is 0.247 e. The van der Waals surface area contributed by atoms with Gasteiger partial charge in [0.15, 0.2) is 0 Å². The van der Waals surface area contributed by atoms with Crippen molar-refractivity contribution in [3.63, 3.8) is 0 Å². The Morgan fingerprint density at radius 3 is 1.24 bits per heavy atom. The number of likely N-dealkylation sites (N-methyl/N-ethyl adjacent to an activating group) is 2. The van der Waals surface area contributed by atoms with Crippen LogP contribution in [0.1, 0.15) is 60.0 Å². The molecule has 0 radical (unpaired) electrons. The van der Waals surface area contributed by atoms with Gasteiger partial charge in [0.1, 0.15) is 24.2 Å². The van der Waals surface area contributed by atoms with Crippen LogP contribution in [0.5, 0.6) is 0 Å². The Morgan fingerprint density at radius 1 is 0.556 bits per heavy atom. The third kappa shape index (κ3) is 8.95. The Kier molecular flexibility index (Phi) is 12.4. The average Bonchev–Trinajstić information content (AvgIpc) is 3.87. The van der Waals surface area contributed by atoms with Gasteiger partial charge in [0.25, 0.3) is 0 Å². The SMILES string of the molecule is CN(C)[C@@H](C(=O)N1CCC[C@H]1C(=O)Nc1ccc(C=Cc2ccc(NC(=O)[C@@H]3CCCN3C(=O)[C@@H](c3ccccc3)N(C)C)cc2)cc1)c1ccccc1. The van der Waals surface area contributed by atoms with Crippen molar-refractivity contribution in [1.82, 2.24) is 19.6 Å². The minimum absolute atomic E-state index is 0.0653. The fourth-order valence-corrected chi connectivity index (χ4v) is 7.51. The van der Waals surface area contributed by atoms with Crippen LogP contribution in [-0.2, 0) is 19.2 Å². The fraction of sp³-hybridized carbons (Fsp3) is 0.318. The van der Waals surface area contributed by atoms with Gasteiger partial charge in [0, 0.05) is 24.5 Å². The van der Waals surface area contributed by atoms with Crippen molar-refractivity contribution in [2.24, 2.45) is 0 Å². The van der Waals surface area contributed by atoms with E-state index in [4.69, 9.17) is 0 Å². The molecule has 2 fully saturated rings. The van der Waals surface area contributed by atoms with Crippen LogP contribution >= 0.6 is 0 Å². The molecule has 0 aliphatic carbocycles. The number of carbonyl (C=O) groups excluding carboxylic acids is 4. The molecule has 280 valence electrons. The van der Waals surface area contributed by atoms with Gasteiger partial charge in [-0.25, -0.2) is 0 Å². The number of amides is 4. The van der Waals surface area contributed by atoms with E-state index in [1.54, 1.807) is 9.80 Å². The van der Waals surface area contributed by atoms with Gasteiger partial charge in [-0.2, -0.15) is 0 Å². The molecule has 6 rings (SSSR count). The van der Waals surface area contributed by atoms with Crippen molar-refractivity contribution in [1.29, 1.82) is 0 Å². The van der Waals surface area contributed by atoms with Gasteiger partial charge in [-0.05, 0) is 100 Å². The molecule has 0 aromatic heterocycles. The zero-order valence-electron chi connectivity index (χ0n) is 31.5. The second kappa shape index (κ2) is 17.5. The lowest BCUT2D eigenvalue weighted by molar-refractivity contribution is -0.141. The van der Waals surface area contributed by atoms with Crippen molar-refractivity contribution in [2.75, 3.05) is 51.9 Å². The van der Waals surface area contributed by atoms with Crippen molar-refractivity contribution in [2.45, 2.75) is 49.9 Å². The molecule has 2 saturated heterocycles. The van der Waals surface area contributed by atoms with Gasteiger partial charge < -0.3 is 20.4 Å². The summed E-state index contributed by atoms with van der Waals surface area (Å²) in [5.41, 5.74) is 5.06. The summed E-state index contributed by atoms with van der Waals surface area (Å²) in [6.07, 6.45) is 6.78. The van der Waals surface area contributed by atoms with E-state index >= 15 is 0 Å². The van der Waals surface area contributed by atoms with Crippen LogP contribution < -0.4 is 10.6 Å². The van der Waals surface area contributed by atoms with E-state index in [0.29, 0.717) is 37.3 Å². The molecule has 0 spiro atoms. The molecule has 0 bridgehead atoms. The molecule has 2 N–H and O–H groups in total. The summed E-state index contributed by atoms with van der Waals surface area (Å²) >= 11 is 0. The van der Waals surface area contributed by atoms with E-state index < -0.39 is 24.2 Å². The normalized spacial score (nSPS) is 18.3. The van der Waals surface area contributed by atoms with E-state index in [2.05, 4.69) is 10.6 Å². The van der Waals surface area contributed by atoms with Gasteiger partial charge in [-0.3, -0.25) is 29.0 Å². The highest BCUT2D eigenvalue weighted by Gasteiger charge is 2.39. The largest absolute Gasteiger partial charge is 0.329 e. The third-order valence-corrected chi connectivity index (χ3v) is 10.2. The van der Waals surface area contributed by atoms with Gasteiger partial charge in [-0.15, -0.1) is 0 Å². The van der Waals surface area contributed by atoms with E-state index in [0.717, 1.165) is 35.1 Å². The highest BCUT2D eigenvalue weighted by Crippen LogP contribution is 2.29.